The zero-order valence-electron chi connectivity index (χ0n) is 59.8. The molecule has 0 aliphatic carbocycles. The molecule has 1 unspecified atom stereocenters. The van der Waals surface area contributed by atoms with Crippen LogP contribution in [-0.4, -0.2) is 73.4 Å². The van der Waals surface area contributed by atoms with Gasteiger partial charge < -0.3 is 19.8 Å². The molecule has 0 spiro atoms. The van der Waals surface area contributed by atoms with Crippen molar-refractivity contribution >= 4 is 13.7 Å². The second kappa shape index (κ2) is 32.2. The third-order valence-corrected chi connectivity index (χ3v) is 7.38. The summed E-state index contributed by atoms with van der Waals surface area (Å²) in [6.45, 7) is -3.44. The van der Waals surface area contributed by atoms with Crippen molar-refractivity contribution in [2.24, 2.45) is 0 Å². The molecule has 9 heteroatoms. The molecule has 0 heterocycles. The minimum absolute atomic E-state index is 0.159. The van der Waals surface area contributed by atoms with Crippen LogP contribution in [0.1, 0.15) is 223 Å². The van der Waals surface area contributed by atoms with Gasteiger partial charge in [-0.1, -0.05) is 167 Å². The molecular formula is C39H80N2O6P+. The Hall–Kier alpha value is -0.760. The van der Waals surface area contributed by atoms with Crippen LogP contribution >= 0.6 is 7.82 Å². The number of nitrogens with zero attached hydrogens (tertiary/aromatic N) is 1. The van der Waals surface area contributed by atoms with Gasteiger partial charge in [0.1, 0.15) is 13.2 Å². The van der Waals surface area contributed by atoms with Crippen molar-refractivity contribution < 1.29 is 75.4 Å². The molecule has 286 valence electrons. The Balaban J connectivity index is 7.22. The molecule has 0 bridgehead atoms. The number of hydrogen-bond donors (Lipinski definition) is 3. The molecule has 0 radical (unpaired) electrons. The van der Waals surface area contributed by atoms with Gasteiger partial charge in [0.25, 0.3) is 0 Å². The van der Waals surface area contributed by atoms with Crippen molar-refractivity contribution in [2.75, 3.05) is 40.9 Å². The lowest BCUT2D eigenvalue weighted by molar-refractivity contribution is -0.870. The van der Waals surface area contributed by atoms with Gasteiger partial charge >= 0.3 is 7.82 Å². The van der Waals surface area contributed by atoms with Crippen molar-refractivity contribution in [1.82, 2.24) is 5.32 Å². The number of rotatable bonds is 36. The topological polar surface area (TPSA) is 105 Å². The molecular weight excluding hydrogens is 623 g/mol. The van der Waals surface area contributed by atoms with Crippen molar-refractivity contribution in [3.05, 3.63) is 12.2 Å². The quantitative estimate of drug-likeness (QED) is 0.0256. The summed E-state index contributed by atoms with van der Waals surface area (Å²) >= 11 is 0. The van der Waals surface area contributed by atoms with Crippen molar-refractivity contribution in [1.29, 1.82) is 0 Å². The van der Waals surface area contributed by atoms with E-state index in [9.17, 15) is 19.4 Å². The van der Waals surface area contributed by atoms with E-state index >= 15 is 0 Å². The molecule has 8 nitrogen and oxygen atoms in total. The highest BCUT2D eigenvalue weighted by Gasteiger charge is 2.27. The number of nitrogens with one attached hydrogen (secondary N) is 1. The molecule has 0 saturated heterocycles. The standard InChI is InChI=1S/C39H79N2O6P/c1-6-8-10-12-14-16-18-20-22-24-26-28-30-32-38(42)37(36-47-48(44,45)46-35-34-41(3,4)5)40-39(43)33-31-29-27-25-23-21-19-17-15-13-11-9-7-2/h30,32,37-38,42H,6-29,31,33-36H2,1-5H3,(H-,40,43,44,45)/p+1/b32-30+/t37-,38+/m0/s1/i2D3,7D2,9D2,11D2,13D2,15D2,17D2,19D2,21D2,23D2,25D2,27D2,29D2,31D2,33D2. The zero-order valence-corrected chi connectivity index (χ0v) is 29.7. The fourth-order valence-corrected chi connectivity index (χ4v) is 4.54. The van der Waals surface area contributed by atoms with Crippen LogP contribution in [0, 0.1) is 0 Å². The van der Waals surface area contributed by atoms with Gasteiger partial charge in [0, 0.05) is 48.9 Å². The summed E-state index contributed by atoms with van der Waals surface area (Å²) < 4.78 is 278. The van der Waals surface area contributed by atoms with E-state index in [1.807, 2.05) is 0 Å². The highest BCUT2D eigenvalue weighted by Crippen LogP contribution is 2.43. The van der Waals surface area contributed by atoms with Gasteiger partial charge in [-0.3, -0.25) is 13.8 Å². The van der Waals surface area contributed by atoms with Crippen LogP contribution in [-0.2, 0) is 18.4 Å². The van der Waals surface area contributed by atoms with E-state index in [4.69, 9.17) is 51.5 Å². The van der Waals surface area contributed by atoms with Crippen LogP contribution < -0.4 is 5.32 Å². The monoisotopic (exact) mass is 735 g/mol. The Kier molecular flexibility index (Phi) is 11.3. The fraction of sp³-hybridized carbons (Fsp3) is 0.923. The van der Waals surface area contributed by atoms with Gasteiger partial charge in [0.2, 0.25) is 5.91 Å². The van der Waals surface area contributed by atoms with Crippen molar-refractivity contribution in [3.63, 3.8) is 0 Å². The first-order valence-electron chi connectivity index (χ1n) is 31.8. The van der Waals surface area contributed by atoms with Crippen LogP contribution in [0.4, 0.5) is 0 Å². The number of quaternary nitrogens is 1. The SMILES string of the molecule is [2H]C([2H])([2H])C([2H])([2H])C([2H])([2H])C([2H])([2H])C([2H])([2H])C([2H])([2H])C([2H])([2H])C([2H])([2H])C([2H])([2H])C([2H])([2H])C([2H])([2H])C([2H])([2H])C([2H])([2H])C([2H])([2H])C([2H])([2H])C(=O)N[C@@H](COP(=O)(O)OCC[N+](C)(C)C)[C@H](O)/C=C/CCCCCCCCCCCCC. The van der Waals surface area contributed by atoms with Crippen LogP contribution in [0.15, 0.2) is 12.2 Å². The number of amides is 1. The molecule has 0 fully saturated rings. The maximum atomic E-state index is 13.8. The Labute approximate surface area is 341 Å². The Morgan fingerprint density at radius 2 is 1.31 bits per heavy atom. The predicted octanol–water partition coefficient (Wildman–Crippen LogP) is 10.4. The molecule has 48 heavy (non-hydrogen) atoms. The summed E-state index contributed by atoms with van der Waals surface area (Å²) in [6, 6.07) is -2.04. The van der Waals surface area contributed by atoms with Gasteiger partial charge in [-0.2, -0.15) is 0 Å². The minimum atomic E-state index is -5.23. The fourth-order valence-electron chi connectivity index (χ4n) is 3.80. The molecule has 3 N–H and O–H groups in total. The number of carbonyl (C=O) groups is 1. The van der Waals surface area contributed by atoms with Gasteiger partial charge in [-0.25, -0.2) is 4.57 Å². The summed E-state index contributed by atoms with van der Waals surface area (Å²) in [5.41, 5.74) is 0. The Morgan fingerprint density at radius 3 is 1.83 bits per heavy atom. The molecule has 0 saturated carbocycles. The molecule has 0 aliphatic rings. The molecule has 0 aromatic heterocycles. The average molecular weight is 735 g/mol. The predicted molar refractivity (Wildman–Crippen MR) is 203 cm³/mol. The second-order valence-electron chi connectivity index (χ2n) is 11.7. The van der Waals surface area contributed by atoms with E-state index < -0.39 is 129 Å². The van der Waals surface area contributed by atoms with E-state index in [2.05, 4.69) is 6.92 Å². The number of phosphoric ester groups is 1. The summed E-state index contributed by atoms with van der Waals surface area (Å²) in [5.74, 6) is -2.29. The lowest BCUT2D eigenvalue weighted by atomic mass is 10.0. The Bertz CT molecular complexity index is 2050. The minimum Gasteiger partial charge on any atom is -0.387 e. The third kappa shape index (κ3) is 33.7. The summed E-state index contributed by atoms with van der Waals surface area (Å²) in [6.07, 6.45) is -57.5. The molecule has 0 aromatic rings. The molecule has 3 atom stereocenters. The first-order valence-corrected chi connectivity index (χ1v) is 17.8. The van der Waals surface area contributed by atoms with Crippen LogP contribution in [0.3, 0.4) is 0 Å². The van der Waals surface area contributed by atoms with E-state index in [-0.39, 0.29) is 17.6 Å². The summed E-state index contributed by atoms with van der Waals surface area (Å²) in [7, 11) is 0.0942. The first-order chi connectivity index (χ1) is 34.7. The lowest BCUT2D eigenvalue weighted by Gasteiger charge is -2.25. The number of allylic oxidation sites excluding steroid dienone is 1. The number of likely N-dealkylation sites (N-methyl/N-ethyl adjacent to an activating group) is 1. The second-order valence-corrected chi connectivity index (χ2v) is 13.1. The average Bonchev–Trinajstić information content (AvgIpc) is 3.27. The van der Waals surface area contributed by atoms with Crippen LogP contribution in [0.5, 0.6) is 0 Å². The van der Waals surface area contributed by atoms with Gasteiger partial charge in [-0.05, 0) is 19.2 Å². The molecule has 0 rings (SSSR count). The van der Waals surface area contributed by atoms with Crippen LogP contribution in [0.2, 0.25) is 0 Å². The first kappa shape index (κ1) is 16.9. The number of carbonyl (C=O) groups excluding carboxylic acids is 1. The maximum Gasteiger partial charge on any atom is 0.472 e. The number of phosphoric acid groups is 1. The highest BCUT2D eigenvalue weighted by atomic mass is 31.2. The zero-order chi connectivity index (χ0) is 63.4. The molecule has 0 aliphatic heterocycles. The largest absolute Gasteiger partial charge is 0.472 e. The van der Waals surface area contributed by atoms with E-state index in [1.54, 1.807) is 26.5 Å². The van der Waals surface area contributed by atoms with Gasteiger partial charge in [0.15, 0.2) is 0 Å². The third-order valence-electron chi connectivity index (χ3n) is 6.40. The Morgan fingerprint density at radius 1 is 0.812 bits per heavy atom. The summed E-state index contributed by atoms with van der Waals surface area (Å²) in [4.78, 5) is 24.2. The number of unbranched alkanes of at least 4 members (excludes halogenated alkanes) is 11. The van der Waals surface area contributed by atoms with Crippen LogP contribution in [0.25, 0.3) is 0 Å². The number of aliphatic hydroxyl groups is 1. The lowest BCUT2D eigenvalue weighted by Crippen LogP contribution is -2.45. The number of hydrogen-bond acceptors (Lipinski definition) is 5. The molecule has 1 amide bonds. The highest BCUT2D eigenvalue weighted by molar-refractivity contribution is 7.47. The van der Waals surface area contributed by atoms with E-state index in [0.717, 1.165) is 51.0 Å². The van der Waals surface area contributed by atoms with Gasteiger partial charge in [-0.15, -0.1) is 0 Å². The number of aliphatic hydroxyl groups excluding tert-OH is 1. The van der Waals surface area contributed by atoms with E-state index in [0.29, 0.717) is 12.8 Å². The smallest absolute Gasteiger partial charge is 0.387 e. The van der Waals surface area contributed by atoms with Crippen molar-refractivity contribution in [2.45, 2.75) is 192 Å². The maximum absolute atomic E-state index is 13.8. The summed E-state index contributed by atoms with van der Waals surface area (Å²) in [5, 5.41) is 12.9. The van der Waals surface area contributed by atoms with Crippen molar-refractivity contribution in [3.8, 4) is 0 Å². The molecule has 0 aromatic carbocycles. The normalized spacial score (nSPS) is 28.8. The van der Waals surface area contributed by atoms with E-state index in [1.165, 1.54) is 25.3 Å². The van der Waals surface area contributed by atoms with Gasteiger partial charge in [0.05, 0.1) is 39.9 Å².